The molecule has 2 N–H and O–H groups in total. The summed E-state index contributed by atoms with van der Waals surface area (Å²) in [5.41, 5.74) is 1.60. The largest absolute Gasteiger partial charge is 0.377 e. The van der Waals surface area contributed by atoms with E-state index < -0.39 is 10.0 Å². The molecule has 0 unspecified atom stereocenters. The van der Waals surface area contributed by atoms with Crippen LogP contribution in [0.4, 0.5) is 5.69 Å². The Balaban J connectivity index is 3.08. The minimum atomic E-state index is -3.46. The lowest BCUT2D eigenvalue weighted by Crippen LogP contribution is -2.18. The molecule has 78 valence electrons. The molecule has 0 saturated heterocycles. The zero-order chi connectivity index (χ0) is 10.8. The lowest BCUT2D eigenvalue weighted by molar-refractivity contribution is 0.597. The molecule has 0 heterocycles. The van der Waals surface area contributed by atoms with Gasteiger partial charge in [0.05, 0.1) is 5.75 Å². The second-order valence-corrected chi connectivity index (χ2v) is 4.94. The van der Waals surface area contributed by atoms with E-state index in [2.05, 4.69) is 0 Å². The Morgan fingerprint density at radius 3 is 2.36 bits per heavy atom. The number of rotatable bonds is 3. The predicted octanol–water partition coefficient (Wildman–Crippen LogP) is 0.541. The first-order valence-corrected chi connectivity index (χ1v) is 5.87. The van der Waals surface area contributed by atoms with E-state index in [0.717, 1.165) is 11.3 Å². The molecule has 0 aliphatic rings. The van der Waals surface area contributed by atoms with Gasteiger partial charge < -0.3 is 4.90 Å². The maximum atomic E-state index is 10.9. The van der Waals surface area contributed by atoms with E-state index in [9.17, 15) is 8.42 Å². The van der Waals surface area contributed by atoms with Crippen LogP contribution in [0.1, 0.15) is 5.56 Å². The number of anilines is 1. The highest BCUT2D eigenvalue weighted by molar-refractivity contribution is 7.88. The summed E-state index contributed by atoms with van der Waals surface area (Å²) in [6.45, 7) is 0. The summed E-state index contributed by atoms with van der Waals surface area (Å²) in [7, 11) is 0.266. The van der Waals surface area contributed by atoms with Crippen LogP contribution in [0, 0.1) is 0 Å². The maximum Gasteiger partial charge on any atom is 0.213 e. The van der Waals surface area contributed by atoms with Gasteiger partial charge in [0.15, 0.2) is 0 Å². The minimum absolute atomic E-state index is 0.124. The number of sulfonamides is 1. The molecular formula is C9H14N2O2S. The van der Waals surface area contributed by atoms with E-state index in [-0.39, 0.29) is 5.75 Å². The summed E-state index contributed by atoms with van der Waals surface area (Å²) >= 11 is 0. The number of nitrogens with zero attached hydrogens (tertiary/aromatic N) is 1. The SMILES string of the molecule is CN(C)c1ccccc1CS(N)(=O)=O. The van der Waals surface area contributed by atoms with Crippen LogP contribution < -0.4 is 10.0 Å². The molecule has 0 aliphatic carbocycles. The second-order valence-electron chi connectivity index (χ2n) is 3.33. The van der Waals surface area contributed by atoms with Crippen molar-refractivity contribution in [3.05, 3.63) is 29.8 Å². The van der Waals surface area contributed by atoms with Crippen LogP contribution in [0.5, 0.6) is 0 Å². The smallest absolute Gasteiger partial charge is 0.213 e. The van der Waals surface area contributed by atoms with E-state index in [4.69, 9.17) is 5.14 Å². The highest BCUT2D eigenvalue weighted by Crippen LogP contribution is 2.19. The van der Waals surface area contributed by atoms with Gasteiger partial charge >= 0.3 is 0 Å². The Morgan fingerprint density at radius 2 is 1.86 bits per heavy atom. The minimum Gasteiger partial charge on any atom is -0.377 e. The van der Waals surface area contributed by atoms with Crippen molar-refractivity contribution in [2.45, 2.75) is 5.75 Å². The Hall–Kier alpha value is -1.07. The quantitative estimate of drug-likeness (QED) is 0.798. The molecule has 5 heteroatoms. The molecule has 1 aromatic carbocycles. The van der Waals surface area contributed by atoms with Gasteiger partial charge in [-0.25, -0.2) is 13.6 Å². The molecule has 0 amide bonds. The van der Waals surface area contributed by atoms with Gasteiger partial charge in [-0.2, -0.15) is 0 Å². The first-order chi connectivity index (χ1) is 6.40. The van der Waals surface area contributed by atoms with Gasteiger partial charge in [0.25, 0.3) is 0 Å². The molecule has 4 nitrogen and oxygen atoms in total. The zero-order valence-corrected chi connectivity index (χ0v) is 9.08. The van der Waals surface area contributed by atoms with E-state index >= 15 is 0 Å². The van der Waals surface area contributed by atoms with Gasteiger partial charge in [0, 0.05) is 19.8 Å². The predicted molar refractivity (Wildman–Crippen MR) is 57.6 cm³/mol. The fourth-order valence-electron chi connectivity index (χ4n) is 1.29. The van der Waals surface area contributed by atoms with Crippen molar-refractivity contribution in [2.24, 2.45) is 5.14 Å². The second kappa shape index (κ2) is 3.98. The van der Waals surface area contributed by atoms with Crippen LogP contribution in [-0.2, 0) is 15.8 Å². The maximum absolute atomic E-state index is 10.9. The third-order valence-corrected chi connectivity index (χ3v) is 2.54. The lowest BCUT2D eigenvalue weighted by Gasteiger charge is -2.16. The van der Waals surface area contributed by atoms with Gasteiger partial charge in [-0.3, -0.25) is 0 Å². The highest BCUT2D eigenvalue weighted by atomic mass is 32.2. The molecule has 0 aromatic heterocycles. The number of nitrogens with two attached hydrogens (primary N) is 1. The number of para-hydroxylation sites is 1. The van der Waals surface area contributed by atoms with Crippen LogP contribution in [0.15, 0.2) is 24.3 Å². The average Bonchev–Trinajstić information content (AvgIpc) is 2.01. The molecule has 0 fully saturated rings. The number of hydrogen-bond donors (Lipinski definition) is 1. The third kappa shape index (κ3) is 3.01. The Labute approximate surface area is 84.4 Å². The van der Waals surface area contributed by atoms with E-state index in [1.54, 1.807) is 12.1 Å². The molecule has 0 radical (unpaired) electrons. The van der Waals surface area contributed by atoms with Crippen LogP contribution in [0.25, 0.3) is 0 Å². The van der Waals surface area contributed by atoms with Crippen LogP contribution >= 0.6 is 0 Å². The van der Waals surface area contributed by atoms with Crippen molar-refractivity contribution >= 4 is 15.7 Å². The molecule has 14 heavy (non-hydrogen) atoms. The molecule has 1 rings (SSSR count). The molecule has 1 aromatic rings. The topological polar surface area (TPSA) is 63.4 Å². The van der Waals surface area contributed by atoms with Crippen molar-refractivity contribution in [3.63, 3.8) is 0 Å². The van der Waals surface area contributed by atoms with Crippen molar-refractivity contribution in [3.8, 4) is 0 Å². The van der Waals surface area contributed by atoms with E-state index in [1.807, 2.05) is 31.1 Å². The summed E-state index contributed by atoms with van der Waals surface area (Å²) in [5, 5.41) is 4.99. The number of primary sulfonamides is 1. The van der Waals surface area contributed by atoms with Gasteiger partial charge in [-0.1, -0.05) is 18.2 Å². The highest BCUT2D eigenvalue weighted by Gasteiger charge is 2.09. The van der Waals surface area contributed by atoms with Crippen LogP contribution in [0.2, 0.25) is 0 Å². The normalized spacial score (nSPS) is 11.4. The fraction of sp³-hybridized carbons (Fsp3) is 0.333. The van der Waals surface area contributed by atoms with Gasteiger partial charge in [0.1, 0.15) is 0 Å². The molecule has 0 spiro atoms. The van der Waals surface area contributed by atoms with Crippen LogP contribution in [0.3, 0.4) is 0 Å². The van der Waals surface area contributed by atoms with Gasteiger partial charge in [-0.05, 0) is 11.6 Å². The third-order valence-electron chi connectivity index (χ3n) is 1.83. The summed E-state index contributed by atoms with van der Waals surface area (Å²) in [4.78, 5) is 1.86. The van der Waals surface area contributed by atoms with Crippen molar-refractivity contribution in [2.75, 3.05) is 19.0 Å². The zero-order valence-electron chi connectivity index (χ0n) is 8.27. The lowest BCUT2D eigenvalue weighted by atomic mass is 10.2. The molecule has 0 aliphatic heterocycles. The first-order valence-electron chi connectivity index (χ1n) is 4.16. The van der Waals surface area contributed by atoms with E-state index in [1.165, 1.54) is 0 Å². The van der Waals surface area contributed by atoms with Crippen LogP contribution in [-0.4, -0.2) is 22.5 Å². The first kappa shape index (κ1) is 11.0. The van der Waals surface area contributed by atoms with Crippen molar-refractivity contribution in [1.82, 2.24) is 0 Å². The molecule has 0 atom stereocenters. The Kier molecular flexibility index (Phi) is 3.13. The fourth-order valence-corrected chi connectivity index (χ4v) is 1.96. The van der Waals surface area contributed by atoms with Crippen molar-refractivity contribution < 1.29 is 8.42 Å². The monoisotopic (exact) mass is 214 g/mol. The summed E-state index contributed by atoms with van der Waals surface area (Å²) in [6, 6.07) is 7.29. The van der Waals surface area contributed by atoms with E-state index in [0.29, 0.717) is 0 Å². The summed E-state index contributed by atoms with van der Waals surface area (Å²) in [6.07, 6.45) is 0. The van der Waals surface area contributed by atoms with Gasteiger partial charge in [0.2, 0.25) is 10.0 Å². The summed E-state index contributed by atoms with van der Waals surface area (Å²) in [5.74, 6) is -0.124. The Bertz CT molecular complexity index is 413. The van der Waals surface area contributed by atoms with Crippen molar-refractivity contribution in [1.29, 1.82) is 0 Å². The molecule has 0 saturated carbocycles. The standard InChI is InChI=1S/C9H14N2O2S/c1-11(2)9-6-4-3-5-8(9)7-14(10,12)13/h3-6H,7H2,1-2H3,(H2,10,12,13). The Morgan fingerprint density at radius 1 is 1.29 bits per heavy atom. The summed E-state index contributed by atoms with van der Waals surface area (Å²) < 4.78 is 21.9. The molecule has 0 bridgehead atoms. The molecular weight excluding hydrogens is 200 g/mol. The van der Waals surface area contributed by atoms with Gasteiger partial charge in [-0.15, -0.1) is 0 Å². The number of benzene rings is 1. The number of hydrogen-bond acceptors (Lipinski definition) is 3. The average molecular weight is 214 g/mol.